The van der Waals surface area contributed by atoms with Crippen LogP contribution in [0.15, 0.2) is 34.7 Å². The van der Waals surface area contributed by atoms with Crippen molar-refractivity contribution in [2.75, 3.05) is 18.8 Å². The Kier molecular flexibility index (Phi) is 4.16. The van der Waals surface area contributed by atoms with E-state index in [1.807, 2.05) is 36.1 Å². The van der Waals surface area contributed by atoms with Gasteiger partial charge in [0.1, 0.15) is 5.76 Å². The van der Waals surface area contributed by atoms with E-state index in [0.717, 1.165) is 29.9 Å². The molecule has 1 fully saturated rings. The molecular weight excluding hydrogens is 288 g/mol. The number of hydrogen-bond donors (Lipinski definition) is 1. The van der Waals surface area contributed by atoms with Gasteiger partial charge in [-0.1, -0.05) is 26.0 Å². The fourth-order valence-corrected chi connectivity index (χ4v) is 3.50. The molecule has 0 spiro atoms. The average Bonchev–Trinajstić information content (AvgIpc) is 2.98. The Morgan fingerprint density at radius 2 is 1.87 bits per heavy atom. The van der Waals surface area contributed by atoms with Gasteiger partial charge in [0.25, 0.3) is 5.91 Å². The highest BCUT2D eigenvalue weighted by atomic mass is 16.4. The lowest BCUT2D eigenvalue weighted by atomic mass is 9.92. The highest BCUT2D eigenvalue weighted by Gasteiger charge is 2.27. The highest BCUT2D eigenvalue weighted by molar-refractivity contribution is 5.92. The molecule has 2 atom stereocenters. The molecular formula is C19H24N2O2. The van der Waals surface area contributed by atoms with Crippen LogP contribution < -0.4 is 5.73 Å². The SMILES string of the molecule is Cc1c(N)cccc1-c1ccc(C(=O)N2C[C@@H](C)C[C@H](C)C2)o1. The number of carbonyl (C=O) groups is 1. The summed E-state index contributed by atoms with van der Waals surface area (Å²) < 4.78 is 5.84. The summed E-state index contributed by atoms with van der Waals surface area (Å²) >= 11 is 0. The van der Waals surface area contributed by atoms with Crippen molar-refractivity contribution in [2.45, 2.75) is 27.2 Å². The van der Waals surface area contributed by atoms with Crippen molar-refractivity contribution in [3.05, 3.63) is 41.7 Å². The molecule has 1 aliphatic heterocycles. The number of benzene rings is 1. The van der Waals surface area contributed by atoms with Gasteiger partial charge in [0.2, 0.25) is 0 Å². The van der Waals surface area contributed by atoms with Crippen molar-refractivity contribution in [1.82, 2.24) is 4.90 Å². The van der Waals surface area contributed by atoms with Gasteiger partial charge >= 0.3 is 0 Å². The second-order valence-corrected chi connectivity index (χ2v) is 6.84. The molecule has 1 amide bonds. The van der Waals surface area contributed by atoms with Gasteiger partial charge in [-0.05, 0) is 48.9 Å². The fraction of sp³-hybridized carbons (Fsp3) is 0.421. The van der Waals surface area contributed by atoms with Crippen molar-refractivity contribution >= 4 is 11.6 Å². The zero-order valence-electron chi connectivity index (χ0n) is 14.0. The van der Waals surface area contributed by atoms with Crippen LogP contribution in [0.5, 0.6) is 0 Å². The van der Waals surface area contributed by atoms with Gasteiger partial charge in [0.05, 0.1) is 0 Å². The first kappa shape index (κ1) is 15.7. The molecule has 0 unspecified atom stereocenters. The quantitative estimate of drug-likeness (QED) is 0.854. The van der Waals surface area contributed by atoms with Crippen molar-refractivity contribution < 1.29 is 9.21 Å². The van der Waals surface area contributed by atoms with Gasteiger partial charge in [0.15, 0.2) is 5.76 Å². The van der Waals surface area contributed by atoms with Crippen molar-refractivity contribution in [2.24, 2.45) is 11.8 Å². The molecule has 1 aromatic heterocycles. The first-order valence-corrected chi connectivity index (χ1v) is 8.20. The summed E-state index contributed by atoms with van der Waals surface area (Å²) in [4.78, 5) is 14.6. The largest absolute Gasteiger partial charge is 0.451 e. The molecule has 122 valence electrons. The van der Waals surface area contributed by atoms with Crippen molar-refractivity contribution in [3.63, 3.8) is 0 Å². The molecule has 4 heteroatoms. The second-order valence-electron chi connectivity index (χ2n) is 6.84. The van der Waals surface area contributed by atoms with Crippen molar-refractivity contribution in [3.8, 4) is 11.3 Å². The summed E-state index contributed by atoms with van der Waals surface area (Å²) in [7, 11) is 0. The molecule has 0 aliphatic carbocycles. The van der Waals surface area contributed by atoms with E-state index in [1.165, 1.54) is 6.42 Å². The standard InChI is InChI=1S/C19H24N2O2/c1-12-9-13(2)11-21(10-12)19(22)18-8-7-17(23-18)15-5-4-6-16(20)14(15)3/h4-8,12-13H,9-11,20H2,1-3H3/t12-,13-/m0/s1. The number of nitrogens with zero attached hydrogens (tertiary/aromatic N) is 1. The molecule has 23 heavy (non-hydrogen) atoms. The predicted octanol–water partition coefficient (Wildman–Crippen LogP) is 3.96. The van der Waals surface area contributed by atoms with Crippen LogP contribution in [0.1, 0.15) is 36.4 Å². The fourth-order valence-electron chi connectivity index (χ4n) is 3.50. The minimum absolute atomic E-state index is 0.0174. The Morgan fingerprint density at radius 1 is 1.17 bits per heavy atom. The molecule has 0 bridgehead atoms. The predicted molar refractivity (Wildman–Crippen MR) is 92.1 cm³/mol. The Labute approximate surface area is 137 Å². The maximum atomic E-state index is 12.7. The molecule has 0 saturated carbocycles. The molecule has 1 saturated heterocycles. The van der Waals surface area contributed by atoms with E-state index in [9.17, 15) is 4.79 Å². The monoisotopic (exact) mass is 312 g/mol. The lowest BCUT2D eigenvalue weighted by molar-refractivity contribution is 0.0592. The van der Waals surface area contributed by atoms with E-state index in [2.05, 4.69) is 13.8 Å². The van der Waals surface area contributed by atoms with E-state index < -0.39 is 0 Å². The van der Waals surface area contributed by atoms with E-state index in [1.54, 1.807) is 6.07 Å². The third-order valence-corrected chi connectivity index (χ3v) is 4.61. The van der Waals surface area contributed by atoms with Crippen LogP contribution in [0.2, 0.25) is 0 Å². The van der Waals surface area contributed by atoms with Crippen LogP contribution in [-0.2, 0) is 0 Å². The van der Waals surface area contributed by atoms with E-state index >= 15 is 0 Å². The molecule has 2 N–H and O–H groups in total. The minimum atomic E-state index is -0.0174. The number of anilines is 1. The number of nitrogen functional groups attached to an aromatic ring is 1. The van der Waals surface area contributed by atoms with Crippen LogP contribution in [0, 0.1) is 18.8 Å². The normalized spacial score (nSPS) is 21.4. The first-order valence-electron chi connectivity index (χ1n) is 8.20. The number of carbonyl (C=O) groups excluding carboxylic acids is 1. The topological polar surface area (TPSA) is 59.5 Å². The van der Waals surface area contributed by atoms with Crippen LogP contribution in [-0.4, -0.2) is 23.9 Å². The Hall–Kier alpha value is -2.23. The maximum absolute atomic E-state index is 12.7. The zero-order chi connectivity index (χ0) is 16.6. The molecule has 2 aromatic rings. The van der Waals surface area contributed by atoms with Gasteiger partial charge in [-0.25, -0.2) is 0 Å². The summed E-state index contributed by atoms with van der Waals surface area (Å²) in [5, 5.41) is 0. The number of nitrogens with two attached hydrogens (primary N) is 1. The second kappa shape index (κ2) is 6.11. The minimum Gasteiger partial charge on any atom is -0.451 e. The smallest absolute Gasteiger partial charge is 0.289 e. The molecule has 3 rings (SSSR count). The van der Waals surface area contributed by atoms with Gasteiger partial charge in [-0.15, -0.1) is 0 Å². The van der Waals surface area contributed by atoms with Gasteiger partial charge in [0, 0.05) is 24.3 Å². The first-order chi connectivity index (χ1) is 11.0. The Bertz CT molecular complexity index is 710. The summed E-state index contributed by atoms with van der Waals surface area (Å²) in [6, 6.07) is 9.35. The number of amides is 1. The molecule has 1 aromatic carbocycles. The van der Waals surface area contributed by atoms with Gasteiger partial charge in [-0.2, -0.15) is 0 Å². The lowest BCUT2D eigenvalue weighted by Gasteiger charge is -2.34. The van der Waals surface area contributed by atoms with Gasteiger partial charge in [-0.3, -0.25) is 4.79 Å². The number of likely N-dealkylation sites (tertiary alicyclic amines) is 1. The summed E-state index contributed by atoms with van der Waals surface area (Å²) in [6.45, 7) is 7.95. The Morgan fingerprint density at radius 3 is 2.57 bits per heavy atom. The summed E-state index contributed by atoms with van der Waals surface area (Å²) in [5.41, 5.74) is 8.59. The van der Waals surface area contributed by atoms with Crippen LogP contribution in [0.3, 0.4) is 0 Å². The van der Waals surface area contributed by atoms with E-state index in [4.69, 9.17) is 10.2 Å². The third kappa shape index (κ3) is 3.11. The van der Waals surface area contributed by atoms with E-state index in [0.29, 0.717) is 23.4 Å². The van der Waals surface area contributed by atoms with E-state index in [-0.39, 0.29) is 5.91 Å². The van der Waals surface area contributed by atoms with Gasteiger partial charge < -0.3 is 15.1 Å². The zero-order valence-corrected chi connectivity index (χ0v) is 14.0. The number of rotatable bonds is 2. The molecule has 1 aliphatic rings. The van der Waals surface area contributed by atoms with Crippen LogP contribution in [0.4, 0.5) is 5.69 Å². The summed E-state index contributed by atoms with van der Waals surface area (Å²) in [6.07, 6.45) is 1.18. The third-order valence-electron chi connectivity index (χ3n) is 4.61. The Balaban J connectivity index is 1.84. The number of hydrogen-bond acceptors (Lipinski definition) is 3. The van der Waals surface area contributed by atoms with Crippen molar-refractivity contribution in [1.29, 1.82) is 0 Å². The number of furan rings is 1. The maximum Gasteiger partial charge on any atom is 0.289 e. The lowest BCUT2D eigenvalue weighted by Crippen LogP contribution is -2.42. The van der Waals surface area contributed by atoms with Crippen LogP contribution in [0.25, 0.3) is 11.3 Å². The summed E-state index contributed by atoms with van der Waals surface area (Å²) in [5.74, 6) is 2.15. The molecule has 4 nitrogen and oxygen atoms in total. The number of piperidine rings is 1. The average molecular weight is 312 g/mol. The molecule has 0 radical (unpaired) electrons. The van der Waals surface area contributed by atoms with Crippen LogP contribution >= 0.6 is 0 Å². The molecule has 2 heterocycles. The highest BCUT2D eigenvalue weighted by Crippen LogP contribution is 2.30.